The second-order valence-corrected chi connectivity index (χ2v) is 7.16. The van der Waals surface area contributed by atoms with Gasteiger partial charge in [0.2, 0.25) is 10.0 Å². The lowest BCUT2D eigenvalue weighted by Gasteiger charge is -2.08. The van der Waals surface area contributed by atoms with Gasteiger partial charge in [-0.1, -0.05) is 0 Å². The highest BCUT2D eigenvalue weighted by Gasteiger charge is 2.08. The molecule has 0 atom stereocenters. The molecule has 0 aromatic carbocycles. The van der Waals surface area contributed by atoms with E-state index in [1.54, 1.807) is 4.57 Å². The van der Waals surface area contributed by atoms with Gasteiger partial charge in [-0.25, -0.2) is 13.4 Å². The molecule has 1 heterocycles. The van der Waals surface area contributed by atoms with Gasteiger partial charge in [0.25, 0.3) is 10.1 Å². The molecule has 1 rings (SSSR count). The van der Waals surface area contributed by atoms with E-state index in [-0.39, 0.29) is 12.2 Å². The van der Waals surface area contributed by atoms with E-state index in [0.717, 1.165) is 6.26 Å². The van der Waals surface area contributed by atoms with E-state index in [1.165, 1.54) is 12.5 Å². The number of nitrogens with zero attached hydrogens (tertiary/aromatic N) is 2. The van der Waals surface area contributed by atoms with Gasteiger partial charge in [-0.05, 0) is 12.8 Å². The van der Waals surface area contributed by atoms with Crippen molar-refractivity contribution in [1.82, 2.24) is 9.55 Å². The van der Waals surface area contributed by atoms with Crippen molar-refractivity contribution in [3.63, 3.8) is 0 Å². The van der Waals surface area contributed by atoms with Crippen molar-refractivity contribution in [2.45, 2.75) is 19.4 Å². The van der Waals surface area contributed by atoms with E-state index in [1.807, 2.05) is 0 Å². The summed E-state index contributed by atoms with van der Waals surface area (Å²) in [6, 6.07) is 0. The third-order valence-corrected chi connectivity index (χ3v) is 3.44. The predicted molar refractivity (Wildman–Crippen MR) is 66.3 cm³/mol. The number of imidazole rings is 1. The minimum Gasteiger partial charge on any atom is -0.317 e. The Morgan fingerprint density at radius 1 is 1.33 bits per heavy atom. The fraction of sp³-hybridized carbons (Fsp3) is 0.625. The molecule has 0 radical (unpaired) electrons. The van der Waals surface area contributed by atoms with Crippen LogP contribution < -0.4 is 4.72 Å². The molecule has 104 valence electrons. The number of aryl methyl sites for hydroxylation is 1. The molecule has 0 spiro atoms. The van der Waals surface area contributed by atoms with Gasteiger partial charge in [0.05, 0.1) is 24.5 Å². The Morgan fingerprint density at radius 2 is 2.00 bits per heavy atom. The second-order valence-electron chi connectivity index (χ2n) is 3.84. The fourth-order valence-electron chi connectivity index (χ4n) is 1.34. The molecule has 0 aliphatic carbocycles. The van der Waals surface area contributed by atoms with Crippen LogP contribution in [0.25, 0.3) is 0 Å². The maximum Gasteiger partial charge on any atom is 0.264 e. The quantitative estimate of drug-likeness (QED) is 0.537. The summed E-state index contributed by atoms with van der Waals surface area (Å²) in [4.78, 5) is 3.80. The number of hydrogen-bond acceptors (Lipinski definition) is 5. The molecule has 0 aliphatic rings. The number of unbranched alkanes of at least 4 members (excludes halogenated alkanes) is 1. The highest BCUT2D eigenvalue weighted by Crippen LogP contribution is 2.09. The van der Waals surface area contributed by atoms with Crippen molar-refractivity contribution in [1.29, 1.82) is 0 Å². The van der Waals surface area contributed by atoms with Crippen molar-refractivity contribution < 1.29 is 21.4 Å². The lowest BCUT2D eigenvalue weighted by atomic mass is 10.3. The van der Waals surface area contributed by atoms with Crippen LogP contribution in [0.5, 0.6) is 0 Å². The number of hydrogen-bond donors (Lipinski definition) is 2. The first-order chi connectivity index (χ1) is 8.17. The Bertz CT molecular complexity index is 590. The first-order valence-corrected chi connectivity index (χ1v) is 8.60. The Kier molecular flexibility index (Phi) is 4.71. The minimum absolute atomic E-state index is 0.287. The van der Waals surface area contributed by atoms with Gasteiger partial charge in [0.1, 0.15) is 5.82 Å². The lowest BCUT2D eigenvalue weighted by Crippen LogP contribution is -2.13. The molecule has 0 aliphatic heterocycles. The summed E-state index contributed by atoms with van der Waals surface area (Å²) < 4.78 is 55.5. The molecule has 18 heavy (non-hydrogen) atoms. The van der Waals surface area contributed by atoms with Crippen LogP contribution in [0.15, 0.2) is 12.5 Å². The van der Waals surface area contributed by atoms with E-state index in [2.05, 4.69) is 9.71 Å². The van der Waals surface area contributed by atoms with Crippen molar-refractivity contribution >= 4 is 26.0 Å². The SMILES string of the molecule is CS(=O)(=O)Nc1cncn1CCCCS(=O)(=O)O. The van der Waals surface area contributed by atoms with Crippen LogP contribution in [-0.2, 0) is 26.7 Å². The zero-order valence-electron chi connectivity index (χ0n) is 9.77. The molecule has 0 saturated carbocycles. The zero-order chi connectivity index (χ0) is 13.8. The molecule has 0 unspecified atom stereocenters. The molecule has 2 N–H and O–H groups in total. The van der Waals surface area contributed by atoms with Gasteiger partial charge in [-0.3, -0.25) is 9.27 Å². The lowest BCUT2D eigenvalue weighted by molar-refractivity contribution is 0.478. The fourth-order valence-corrected chi connectivity index (χ4v) is 2.46. The first-order valence-electron chi connectivity index (χ1n) is 5.10. The Morgan fingerprint density at radius 3 is 2.56 bits per heavy atom. The number of rotatable bonds is 7. The summed E-state index contributed by atoms with van der Waals surface area (Å²) in [5.41, 5.74) is 0. The summed E-state index contributed by atoms with van der Waals surface area (Å²) in [6.45, 7) is 0.410. The largest absolute Gasteiger partial charge is 0.317 e. The highest BCUT2D eigenvalue weighted by atomic mass is 32.2. The number of aromatic nitrogens is 2. The molecule has 0 bridgehead atoms. The Labute approximate surface area is 106 Å². The summed E-state index contributed by atoms with van der Waals surface area (Å²) in [7, 11) is -7.31. The van der Waals surface area contributed by atoms with Crippen LogP contribution in [0, 0.1) is 0 Å². The molecular formula is C8H15N3O5S2. The molecule has 0 saturated heterocycles. The molecule has 0 amide bonds. The van der Waals surface area contributed by atoms with Crippen LogP contribution in [0.3, 0.4) is 0 Å². The number of sulfonamides is 1. The highest BCUT2D eigenvalue weighted by molar-refractivity contribution is 7.92. The van der Waals surface area contributed by atoms with Gasteiger partial charge < -0.3 is 4.57 Å². The monoisotopic (exact) mass is 297 g/mol. The Hall–Kier alpha value is -1.13. The van der Waals surface area contributed by atoms with Crippen LogP contribution >= 0.6 is 0 Å². The molecule has 10 heteroatoms. The van der Waals surface area contributed by atoms with Gasteiger partial charge >= 0.3 is 0 Å². The summed E-state index contributed by atoms with van der Waals surface area (Å²) in [5.74, 6) is 0.0145. The second kappa shape index (κ2) is 5.67. The maximum atomic E-state index is 11.0. The van der Waals surface area contributed by atoms with Crippen molar-refractivity contribution in [3.8, 4) is 0 Å². The van der Waals surface area contributed by atoms with E-state index in [4.69, 9.17) is 4.55 Å². The summed E-state index contributed by atoms with van der Waals surface area (Å²) in [6.07, 6.45) is 4.61. The maximum absolute atomic E-state index is 11.0. The van der Waals surface area contributed by atoms with E-state index < -0.39 is 20.1 Å². The minimum atomic E-state index is -3.94. The van der Waals surface area contributed by atoms with Crippen molar-refractivity contribution in [2.24, 2.45) is 0 Å². The third-order valence-electron chi connectivity index (χ3n) is 2.05. The molecular weight excluding hydrogens is 282 g/mol. The summed E-state index contributed by atoms with van der Waals surface area (Å²) >= 11 is 0. The van der Waals surface area contributed by atoms with Gasteiger partial charge in [0.15, 0.2) is 0 Å². The normalized spacial score (nSPS) is 12.6. The van der Waals surface area contributed by atoms with E-state index in [0.29, 0.717) is 18.8 Å². The molecule has 1 aromatic heterocycles. The molecule has 8 nitrogen and oxygen atoms in total. The summed E-state index contributed by atoms with van der Waals surface area (Å²) in [5, 5.41) is 0. The molecule has 1 aromatic rings. The smallest absolute Gasteiger partial charge is 0.264 e. The van der Waals surface area contributed by atoms with E-state index in [9.17, 15) is 16.8 Å². The van der Waals surface area contributed by atoms with Gasteiger partial charge in [0, 0.05) is 6.54 Å². The van der Waals surface area contributed by atoms with Crippen LogP contribution in [0.2, 0.25) is 0 Å². The van der Waals surface area contributed by atoms with Crippen molar-refractivity contribution in [3.05, 3.63) is 12.5 Å². The van der Waals surface area contributed by atoms with Crippen LogP contribution in [0.4, 0.5) is 5.82 Å². The Balaban J connectivity index is 2.51. The van der Waals surface area contributed by atoms with Crippen LogP contribution in [0.1, 0.15) is 12.8 Å². The number of nitrogens with one attached hydrogen (secondary N) is 1. The van der Waals surface area contributed by atoms with Gasteiger partial charge in [-0.2, -0.15) is 8.42 Å². The number of anilines is 1. The topological polar surface area (TPSA) is 118 Å². The predicted octanol–water partition coefficient (Wildman–Crippen LogP) is -0.0774. The van der Waals surface area contributed by atoms with Gasteiger partial charge in [-0.15, -0.1) is 0 Å². The first kappa shape index (κ1) is 14.9. The average molecular weight is 297 g/mol. The van der Waals surface area contributed by atoms with Crippen molar-refractivity contribution in [2.75, 3.05) is 16.7 Å². The standard InChI is InChI=1S/C8H15N3O5S2/c1-17(12,13)10-8-6-9-7-11(8)4-2-3-5-18(14,15)16/h6-7,10H,2-5H2,1H3,(H,14,15,16). The van der Waals surface area contributed by atoms with E-state index >= 15 is 0 Å². The average Bonchev–Trinajstić information content (AvgIpc) is 2.56. The third kappa shape index (κ3) is 5.98. The zero-order valence-corrected chi connectivity index (χ0v) is 11.4. The van der Waals surface area contributed by atoms with Crippen LogP contribution in [-0.4, -0.2) is 42.9 Å². The molecule has 0 fully saturated rings.